The Balaban J connectivity index is 1.71. The number of fused-ring (bicyclic) bond motifs is 1. The third kappa shape index (κ3) is 2.27. The van der Waals surface area contributed by atoms with Crippen LogP contribution in [0.4, 0.5) is 0 Å². The second-order valence-corrected chi connectivity index (χ2v) is 9.67. The maximum absolute atomic E-state index is 13.0. The van der Waals surface area contributed by atoms with E-state index < -0.39 is 15.4 Å². The number of aliphatic hydroxyl groups excluding tert-OH is 1. The van der Waals surface area contributed by atoms with Gasteiger partial charge in [0.05, 0.1) is 16.9 Å². The number of allylic oxidation sites excluding steroid dienone is 1. The fourth-order valence-corrected chi connectivity index (χ4v) is 6.50. The fourth-order valence-electron chi connectivity index (χ4n) is 4.96. The maximum Gasteiger partial charge on any atom is 0.243 e. The number of carbonyl (C=O) groups is 1. The van der Waals surface area contributed by atoms with Crippen LogP contribution in [-0.2, 0) is 14.8 Å². The van der Waals surface area contributed by atoms with Crippen LogP contribution in [0.15, 0.2) is 40.8 Å². The van der Waals surface area contributed by atoms with Crippen molar-refractivity contribution in [3.63, 3.8) is 0 Å². The molecule has 2 bridgehead atoms. The number of carbonyl (C=O) groups excluding carboxylic acids is 1. The van der Waals surface area contributed by atoms with Crippen molar-refractivity contribution >= 4 is 15.8 Å². The van der Waals surface area contributed by atoms with Crippen molar-refractivity contribution in [1.29, 1.82) is 0 Å². The van der Waals surface area contributed by atoms with Crippen LogP contribution in [-0.4, -0.2) is 43.3 Å². The minimum Gasteiger partial charge on any atom is -0.396 e. The molecule has 3 aliphatic carbocycles. The predicted octanol–water partition coefficient (Wildman–Crippen LogP) is 1.76. The Hall–Kier alpha value is -1.50. The van der Waals surface area contributed by atoms with E-state index in [1.54, 1.807) is 24.3 Å². The molecule has 1 saturated heterocycles. The van der Waals surface area contributed by atoms with E-state index in [9.17, 15) is 18.3 Å². The fraction of sp³-hybridized carbons (Fsp3) is 0.526. The van der Waals surface area contributed by atoms with Gasteiger partial charge in [-0.1, -0.05) is 29.3 Å². The summed E-state index contributed by atoms with van der Waals surface area (Å²) in [6, 6.07) is 6.83. The lowest BCUT2D eigenvalue weighted by molar-refractivity contribution is -0.140. The predicted molar refractivity (Wildman–Crippen MR) is 93.3 cm³/mol. The van der Waals surface area contributed by atoms with Crippen molar-refractivity contribution in [1.82, 2.24) is 4.31 Å². The third-order valence-electron chi connectivity index (χ3n) is 6.34. The largest absolute Gasteiger partial charge is 0.396 e. The standard InChI is InChI=1S/C19H23NO4S/c1-12-3-5-15(6-4-12)25(23,24)20-9-14-7-16-13(2)8-19(14,11-20)18(22)17(16)10-21/h3-6,8,14,16-17,21H,7,9-11H2,1-2H3. The van der Waals surface area contributed by atoms with E-state index in [2.05, 4.69) is 0 Å². The molecule has 0 amide bonds. The van der Waals surface area contributed by atoms with E-state index >= 15 is 0 Å². The summed E-state index contributed by atoms with van der Waals surface area (Å²) in [6.07, 6.45) is 2.77. The molecule has 4 unspecified atom stereocenters. The lowest BCUT2D eigenvalue weighted by Crippen LogP contribution is -2.53. The number of hydrogen-bond donors (Lipinski definition) is 1. The molecule has 4 atom stereocenters. The molecular weight excluding hydrogens is 338 g/mol. The van der Waals surface area contributed by atoms with Gasteiger partial charge in [0.1, 0.15) is 5.78 Å². The van der Waals surface area contributed by atoms with Gasteiger partial charge in [-0.05, 0) is 44.2 Å². The minimum atomic E-state index is -3.62. The van der Waals surface area contributed by atoms with Crippen LogP contribution in [0, 0.1) is 30.1 Å². The summed E-state index contributed by atoms with van der Waals surface area (Å²) in [5.41, 5.74) is 1.36. The number of nitrogens with zero attached hydrogens (tertiary/aromatic N) is 1. The summed E-state index contributed by atoms with van der Waals surface area (Å²) in [5, 5.41) is 9.67. The van der Waals surface area contributed by atoms with E-state index in [-0.39, 0.29) is 41.6 Å². The Morgan fingerprint density at radius 3 is 2.56 bits per heavy atom. The highest BCUT2D eigenvalue weighted by molar-refractivity contribution is 7.89. The number of Topliss-reactive ketones (excluding diaryl/α,β-unsaturated/α-hetero) is 1. The van der Waals surface area contributed by atoms with Gasteiger partial charge in [0.25, 0.3) is 0 Å². The first-order chi connectivity index (χ1) is 11.8. The number of aliphatic hydroxyl groups is 1. The molecule has 5 nitrogen and oxygen atoms in total. The molecule has 1 spiro atoms. The summed E-state index contributed by atoms with van der Waals surface area (Å²) in [7, 11) is -3.62. The van der Waals surface area contributed by atoms with Crippen LogP contribution < -0.4 is 0 Å². The van der Waals surface area contributed by atoms with Crippen molar-refractivity contribution in [2.24, 2.45) is 23.2 Å². The molecule has 1 aromatic rings. The second kappa shape index (κ2) is 5.50. The van der Waals surface area contributed by atoms with Crippen molar-refractivity contribution in [2.75, 3.05) is 19.7 Å². The summed E-state index contributed by atoms with van der Waals surface area (Å²) in [6.45, 7) is 4.32. The zero-order chi connectivity index (χ0) is 18.0. The van der Waals surface area contributed by atoms with E-state index in [1.807, 2.05) is 19.9 Å². The van der Waals surface area contributed by atoms with Crippen LogP contribution in [0.25, 0.3) is 0 Å². The third-order valence-corrected chi connectivity index (χ3v) is 8.16. The quantitative estimate of drug-likeness (QED) is 0.833. The monoisotopic (exact) mass is 361 g/mol. The normalized spacial score (nSPS) is 34.9. The number of rotatable bonds is 3. The number of ketones is 1. The van der Waals surface area contributed by atoms with Crippen molar-refractivity contribution in [3.05, 3.63) is 41.5 Å². The van der Waals surface area contributed by atoms with E-state index in [4.69, 9.17) is 0 Å². The average molecular weight is 361 g/mol. The van der Waals surface area contributed by atoms with Crippen LogP contribution >= 0.6 is 0 Å². The lowest BCUT2D eigenvalue weighted by atomic mass is 9.53. The second-order valence-electron chi connectivity index (χ2n) is 7.73. The minimum absolute atomic E-state index is 0.0109. The van der Waals surface area contributed by atoms with Crippen molar-refractivity contribution < 1.29 is 18.3 Å². The van der Waals surface area contributed by atoms with Gasteiger partial charge in [-0.3, -0.25) is 4.79 Å². The molecule has 1 aliphatic heterocycles. The molecule has 6 heteroatoms. The van der Waals surface area contributed by atoms with Gasteiger partial charge in [0.2, 0.25) is 10.0 Å². The summed E-state index contributed by atoms with van der Waals surface area (Å²) in [4.78, 5) is 13.3. The Kier molecular flexibility index (Phi) is 3.72. The molecule has 4 aliphatic rings. The van der Waals surface area contributed by atoms with Crippen molar-refractivity contribution in [3.8, 4) is 0 Å². The zero-order valence-corrected chi connectivity index (χ0v) is 15.3. The zero-order valence-electron chi connectivity index (χ0n) is 14.5. The Morgan fingerprint density at radius 2 is 1.92 bits per heavy atom. The summed E-state index contributed by atoms with van der Waals surface area (Å²) >= 11 is 0. The van der Waals surface area contributed by atoms with Gasteiger partial charge in [0, 0.05) is 19.0 Å². The number of aryl methyl sites for hydroxylation is 1. The van der Waals surface area contributed by atoms with E-state index in [0.717, 1.165) is 17.6 Å². The van der Waals surface area contributed by atoms with Crippen LogP contribution in [0.5, 0.6) is 0 Å². The highest BCUT2D eigenvalue weighted by Gasteiger charge is 2.62. The number of benzene rings is 1. The average Bonchev–Trinajstić information content (AvgIpc) is 2.96. The van der Waals surface area contributed by atoms with Gasteiger partial charge in [0.15, 0.2) is 0 Å². The molecule has 2 fully saturated rings. The SMILES string of the molecule is CC1=CC23CN(S(=O)(=O)c4ccc(C)cc4)CC2CC1C(CO)C3=O. The lowest BCUT2D eigenvalue weighted by Gasteiger charge is -2.48. The molecule has 1 heterocycles. The highest BCUT2D eigenvalue weighted by atomic mass is 32.2. The highest BCUT2D eigenvalue weighted by Crippen LogP contribution is 2.56. The Labute approximate surface area is 148 Å². The molecular formula is C19H23NO4S. The molecule has 0 radical (unpaired) electrons. The first kappa shape index (κ1) is 16.9. The molecule has 0 aromatic heterocycles. The van der Waals surface area contributed by atoms with Gasteiger partial charge in [-0.15, -0.1) is 0 Å². The molecule has 25 heavy (non-hydrogen) atoms. The van der Waals surface area contributed by atoms with Gasteiger partial charge in [-0.25, -0.2) is 8.42 Å². The van der Waals surface area contributed by atoms with Gasteiger partial charge in [-0.2, -0.15) is 4.31 Å². The van der Waals surface area contributed by atoms with Gasteiger partial charge >= 0.3 is 0 Å². The smallest absolute Gasteiger partial charge is 0.243 e. The van der Waals surface area contributed by atoms with Gasteiger partial charge < -0.3 is 5.11 Å². The van der Waals surface area contributed by atoms with Crippen LogP contribution in [0.2, 0.25) is 0 Å². The topological polar surface area (TPSA) is 74.7 Å². The van der Waals surface area contributed by atoms with Crippen molar-refractivity contribution in [2.45, 2.75) is 25.2 Å². The Morgan fingerprint density at radius 1 is 1.24 bits per heavy atom. The van der Waals surface area contributed by atoms with E-state index in [1.165, 1.54) is 4.31 Å². The van der Waals surface area contributed by atoms with Crippen LogP contribution in [0.3, 0.4) is 0 Å². The summed E-state index contributed by atoms with van der Waals surface area (Å²) < 4.78 is 27.6. The van der Waals surface area contributed by atoms with Crippen LogP contribution in [0.1, 0.15) is 18.9 Å². The first-order valence-electron chi connectivity index (χ1n) is 8.71. The number of sulfonamides is 1. The molecule has 5 rings (SSSR count). The molecule has 1 saturated carbocycles. The molecule has 134 valence electrons. The van der Waals surface area contributed by atoms with E-state index in [0.29, 0.717) is 6.54 Å². The molecule has 1 N–H and O–H groups in total. The molecule has 1 aromatic carbocycles. The number of hydrogen-bond acceptors (Lipinski definition) is 4. The maximum atomic E-state index is 13.0. The first-order valence-corrected chi connectivity index (χ1v) is 10.1. The summed E-state index contributed by atoms with van der Waals surface area (Å²) in [5.74, 6) is -0.310. The Bertz CT molecular complexity index is 858.